The van der Waals surface area contributed by atoms with Crippen molar-refractivity contribution in [3.05, 3.63) is 0 Å². The molecule has 3 aliphatic carbocycles. The molecule has 3 rings (SSSR count). The van der Waals surface area contributed by atoms with Gasteiger partial charge in [-0.2, -0.15) is 0 Å². The summed E-state index contributed by atoms with van der Waals surface area (Å²) in [6, 6.07) is 0.516. The zero-order valence-corrected chi connectivity index (χ0v) is 12.7. The van der Waals surface area contributed by atoms with Crippen LogP contribution in [0.3, 0.4) is 0 Å². The van der Waals surface area contributed by atoms with Crippen LogP contribution in [0.2, 0.25) is 0 Å². The lowest BCUT2D eigenvalue weighted by Gasteiger charge is -2.37. The number of nitrogens with zero attached hydrogens (tertiary/aromatic N) is 1. The average Bonchev–Trinajstić information content (AvgIpc) is 3.11. The lowest BCUT2D eigenvalue weighted by Crippen LogP contribution is -2.46. The molecule has 114 valence electrons. The summed E-state index contributed by atoms with van der Waals surface area (Å²) in [7, 11) is 0. The van der Waals surface area contributed by atoms with Crippen molar-refractivity contribution >= 4 is 5.91 Å². The molecule has 2 bridgehead atoms. The lowest BCUT2D eigenvalue weighted by atomic mass is 9.86. The predicted octanol–water partition coefficient (Wildman–Crippen LogP) is 2.93. The molecule has 3 fully saturated rings. The largest absolute Gasteiger partial charge is 0.339 e. The van der Waals surface area contributed by atoms with Crippen molar-refractivity contribution < 1.29 is 4.79 Å². The summed E-state index contributed by atoms with van der Waals surface area (Å²) in [5.74, 6) is 2.40. The highest BCUT2D eigenvalue weighted by molar-refractivity contribution is 5.80. The van der Waals surface area contributed by atoms with Crippen LogP contribution < -0.4 is 5.73 Å². The van der Waals surface area contributed by atoms with Gasteiger partial charge < -0.3 is 10.6 Å². The Morgan fingerprint density at radius 2 is 1.85 bits per heavy atom. The van der Waals surface area contributed by atoms with Crippen LogP contribution in [0, 0.1) is 17.8 Å². The van der Waals surface area contributed by atoms with E-state index in [2.05, 4.69) is 4.90 Å². The number of nitrogens with two attached hydrogens (primary N) is 1. The second-order valence-corrected chi connectivity index (χ2v) is 7.25. The maximum absolute atomic E-state index is 13.0. The minimum absolute atomic E-state index is 0.355. The van der Waals surface area contributed by atoms with Gasteiger partial charge in [-0.15, -0.1) is 0 Å². The third-order valence-electron chi connectivity index (χ3n) is 5.96. The second-order valence-electron chi connectivity index (χ2n) is 7.25. The molecule has 0 radical (unpaired) electrons. The van der Waals surface area contributed by atoms with Crippen molar-refractivity contribution in [1.82, 2.24) is 4.90 Å². The molecule has 3 aliphatic rings. The Labute approximate surface area is 123 Å². The van der Waals surface area contributed by atoms with E-state index in [1.165, 1.54) is 57.8 Å². The van der Waals surface area contributed by atoms with E-state index in [1.54, 1.807) is 0 Å². The number of rotatable bonds is 5. The van der Waals surface area contributed by atoms with Gasteiger partial charge in [0.25, 0.3) is 0 Å². The Morgan fingerprint density at radius 3 is 2.45 bits per heavy atom. The number of carbonyl (C=O) groups excluding carboxylic acids is 1. The van der Waals surface area contributed by atoms with Gasteiger partial charge in [0, 0.05) is 18.5 Å². The van der Waals surface area contributed by atoms with Crippen LogP contribution in [0.25, 0.3) is 0 Å². The minimum Gasteiger partial charge on any atom is -0.339 e. The molecule has 0 aromatic rings. The third-order valence-corrected chi connectivity index (χ3v) is 5.96. The topological polar surface area (TPSA) is 46.3 Å². The van der Waals surface area contributed by atoms with Crippen molar-refractivity contribution in [2.75, 3.05) is 13.1 Å². The Morgan fingerprint density at radius 1 is 1.05 bits per heavy atom. The number of hydrogen-bond donors (Lipinski definition) is 1. The standard InChI is InChI=1S/C17H30N2O/c18-9-4-10-19(15-5-2-1-3-6-15)17(20)16-12-13-7-8-14(16)11-13/h13-16H,1-12,18H2. The molecule has 3 heteroatoms. The molecule has 0 spiro atoms. The van der Waals surface area contributed by atoms with Gasteiger partial charge in [0.15, 0.2) is 0 Å². The van der Waals surface area contributed by atoms with Crippen LogP contribution in [-0.4, -0.2) is 29.9 Å². The fourth-order valence-corrected chi connectivity index (χ4v) is 4.89. The molecule has 0 saturated heterocycles. The SMILES string of the molecule is NCCCN(C(=O)C1CC2CCC1C2)C1CCCCC1. The minimum atomic E-state index is 0.355. The molecule has 0 aromatic heterocycles. The summed E-state index contributed by atoms with van der Waals surface area (Å²) in [5.41, 5.74) is 5.68. The highest BCUT2D eigenvalue weighted by Crippen LogP contribution is 2.49. The van der Waals surface area contributed by atoms with Crippen LogP contribution >= 0.6 is 0 Å². The molecule has 3 nitrogen and oxygen atoms in total. The summed E-state index contributed by atoms with van der Waals surface area (Å²) in [4.78, 5) is 15.3. The van der Waals surface area contributed by atoms with Gasteiger partial charge in [0.1, 0.15) is 0 Å². The second kappa shape index (κ2) is 6.46. The Bertz CT molecular complexity index is 338. The zero-order valence-electron chi connectivity index (χ0n) is 12.7. The van der Waals surface area contributed by atoms with Crippen molar-refractivity contribution in [2.45, 2.75) is 70.3 Å². The number of carbonyl (C=O) groups is 1. The molecule has 3 atom stereocenters. The molecule has 0 heterocycles. The summed E-state index contributed by atoms with van der Waals surface area (Å²) in [5, 5.41) is 0. The first-order valence-electron chi connectivity index (χ1n) is 8.80. The first kappa shape index (κ1) is 14.4. The molecular weight excluding hydrogens is 248 g/mol. The Kier molecular flexibility index (Phi) is 4.65. The molecule has 3 unspecified atom stereocenters. The number of fused-ring (bicyclic) bond motifs is 2. The smallest absolute Gasteiger partial charge is 0.226 e. The van der Waals surface area contributed by atoms with E-state index in [0.717, 1.165) is 18.9 Å². The lowest BCUT2D eigenvalue weighted by molar-refractivity contribution is -0.140. The van der Waals surface area contributed by atoms with Gasteiger partial charge in [0.05, 0.1) is 0 Å². The molecule has 0 aromatic carbocycles. The first-order valence-corrected chi connectivity index (χ1v) is 8.80. The summed E-state index contributed by atoms with van der Waals surface area (Å²) in [6.07, 6.45) is 12.5. The van der Waals surface area contributed by atoms with Crippen LogP contribution in [0.15, 0.2) is 0 Å². The van der Waals surface area contributed by atoms with Crippen LogP contribution in [0.5, 0.6) is 0 Å². The van der Waals surface area contributed by atoms with Gasteiger partial charge in [-0.25, -0.2) is 0 Å². The van der Waals surface area contributed by atoms with Crippen molar-refractivity contribution in [2.24, 2.45) is 23.5 Å². The number of amides is 1. The van der Waals surface area contributed by atoms with Crippen LogP contribution in [0.1, 0.15) is 64.2 Å². The van der Waals surface area contributed by atoms with E-state index < -0.39 is 0 Å². The highest BCUT2D eigenvalue weighted by atomic mass is 16.2. The van der Waals surface area contributed by atoms with Crippen molar-refractivity contribution in [3.63, 3.8) is 0 Å². The summed E-state index contributed by atoms with van der Waals surface area (Å²) < 4.78 is 0. The van der Waals surface area contributed by atoms with E-state index in [9.17, 15) is 4.79 Å². The van der Waals surface area contributed by atoms with E-state index in [1.807, 2.05) is 0 Å². The summed E-state index contributed by atoms with van der Waals surface area (Å²) in [6.45, 7) is 1.60. The monoisotopic (exact) mass is 278 g/mol. The Hall–Kier alpha value is -0.570. The van der Waals surface area contributed by atoms with E-state index in [0.29, 0.717) is 30.3 Å². The molecule has 2 N–H and O–H groups in total. The van der Waals surface area contributed by atoms with E-state index in [-0.39, 0.29) is 0 Å². The van der Waals surface area contributed by atoms with E-state index in [4.69, 9.17) is 5.73 Å². The zero-order chi connectivity index (χ0) is 13.9. The molecule has 1 amide bonds. The summed E-state index contributed by atoms with van der Waals surface area (Å²) >= 11 is 0. The van der Waals surface area contributed by atoms with Gasteiger partial charge in [-0.3, -0.25) is 4.79 Å². The average molecular weight is 278 g/mol. The van der Waals surface area contributed by atoms with Crippen molar-refractivity contribution in [1.29, 1.82) is 0 Å². The van der Waals surface area contributed by atoms with Crippen molar-refractivity contribution in [3.8, 4) is 0 Å². The predicted molar refractivity (Wildman–Crippen MR) is 81.2 cm³/mol. The van der Waals surface area contributed by atoms with Crippen LogP contribution in [-0.2, 0) is 4.79 Å². The molecular formula is C17H30N2O. The van der Waals surface area contributed by atoms with Gasteiger partial charge in [-0.05, 0) is 56.9 Å². The quantitative estimate of drug-likeness (QED) is 0.840. The highest BCUT2D eigenvalue weighted by Gasteiger charge is 2.45. The third kappa shape index (κ3) is 2.88. The van der Waals surface area contributed by atoms with Gasteiger partial charge in [0.2, 0.25) is 5.91 Å². The number of hydrogen-bond acceptors (Lipinski definition) is 2. The fourth-order valence-electron chi connectivity index (χ4n) is 4.89. The normalized spacial score (nSPS) is 33.5. The Balaban J connectivity index is 1.65. The first-order chi connectivity index (χ1) is 9.79. The van der Waals surface area contributed by atoms with Gasteiger partial charge in [-0.1, -0.05) is 25.7 Å². The van der Waals surface area contributed by atoms with E-state index >= 15 is 0 Å². The molecule has 3 saturated carbocycles. The van der Waals surface area contributed by atoms with Gasteiger partial charge >= 0.3 is 0 Å². The maximum atomic E-state index is 13.0. The maximum Gasteiger partial charge on any atom is 0.226 e. The fraction of sp³-hybridized carbons (Fsp3) is 0.941. The molecule has 0 aliphatic heterocycles. The van der Waals surface area contributed by atoms with Crippen LogP contribution in [0.4, 0.5) is 0 Å². The molecule has 20 heavy (non-hydrogen) atoms.